The number of nitrogens with zero attached hydrogens (tertiary/aromatic N) is 1. The van der Waals surface area contributed by atoms with E-state index >= 15 is 0 Å². The molecule has 5 heteroatoms. The van der Waals surface area contributed by atoms with Crippen molar-refractivity contribution in [1.82, 2.24) is 4.90 Å². The van der Waals surface area contributed by atoms with Gasteiger partial charge in [0.2, 0.25) is 0 Å². The Balaban J connectivity index is 2.87. The molecule has 0 saturated heterocycles. The van der Waals surface area contributed by atoms with Gasteiger partial charge in [-0.2, -0.15) is 0 Å². The molecule has 2 atom stereocenters. The van der Waals surface area contributed by atoms with E-state index < -0.39 is 17.8 Å². The highest BCUT2D eigenvalue weighted by Crippen LogP contribution is 2.20. The van der Waals surface area contributed by atoms with E-state index in [0.717, 1.165) is 12.8 Å². The Morgan fingerprint density at radius 2 is 1.87 bits per heavy atom. The third kappa shape index (κ3) is 6.57. The number of ether oxygens (including phenoxy) is 1. The van der Waals surface area contributed by atoms with Crippen molar-refractivity contribution in [3.63, 3.8) is 0 Å². The average Bonchev–Trinajstić information content (AvgIpc) is 2.43. The van der Waals surface area contributed by atoms with Crippen LogP contribution in [0.15, 0.2) is 24.3 Å². The average molecular weight is 325 g/mol. The summed E-state index contributed by atoms with van der Waals surface area (Å²) < 4.78 is 18.4. The van der Waals surface area contributed by atoms with Crippen LogP contribution >= 0.6 is 0 Å². The Labute approximate surface area is 138 Å². The fraction of sp³-hybridized carbons (Fsp3) is 0.611. The number of hydrogen-bond donors (Lipinski definition) is 1. The number of amides is 1. The summed E-state index contributed by atoms with van der Waals surface area (Å²) in [7, 11) is 0. The maximum atomic E-state index is 13.0. The van der Waals surface area contributed by atoms with Crippen molar-refractivity contribution in [1.29, 1.82) is 0 Å². The highest BCUT2D eigenvalue weighted by molar-refractivity contribution is 5.68. The first-order valence-corrected chi connectivity index (χ1v) is 8.07. The van der Waals surface area contributed by atoms with Gasteiger partial charge in [-0.15, -0.1) is 0 Å². The number of carbonyl (C=O) groups excluding carboxylic acids is 1. The van der Waals surface area contributed by atoms with Gasteiger partial charge in [-0.05, 0) is 51.8 Å². The lowest BCUT2D eigenvalue weighted by molar-refractivity contribution is 0.00451. The quantitative estimate of drug-likeness (QED) is 0.849. The first kappa shape index (κ1) is 19.4. The van der Waals surface area contributed by atoms with Crippen LogP contribution in [-0.2, 0) is 4.74 Å². The predicted octanol–water partition coefficient (Wildman–Crippen LogP) is 4.28. The maximum Gasteiger partial charge on any atom is 0.410 e. The monoisotopic (exact) mass is 325 g/mol. The van der Waals surface area contributed by atoms with E-state index in [1.807, 2.05) is 34.6 Å². The van der Waals surface area contributed by atoms with Gasteiger partial charge in [-0.25, -0.2) is 9.18 Å². The van der Waals surface area contributed by atoms with Crippen LogP contribution in [0.1, 0.15) is 59.1 Å². The van der Waals surface area contributed by atoms with E-state index in [1.54, 1.807) is 4.90 Å². The minimum atomic E-state index is -0.887. The molecule has 0 bridgehead atoms. The summed E-state index contributed by atoms with van der Waals surface area (Å²) in [5.41, 5.74) is -0.0223. The van der Waals surface area contributed by atoms with Crippen molar-refractivity contribution in [2.45, 2.75) is 65.2 Å². The summed E-state index contributed by atoms with van der Waals surface area (Å²) in [6.45, 7) is 9.52. The lowest BCUT2D eigenvalue weighted by atomic mass is 10.1. The molecule has 1 aromatic carbocycles. The van der Waals surface area contributed by atoms with Crippen molar-refractivity contribution in [3.8, 4) is 0 Å². The fourth-order valence-electron chi connectivity index (χ4n) is 2.31. The Hall–Kier alpha value is -1.62. The Kier molecular flexibility index (Phi) is 7.01. The molecule has 0 radical (unpaired) electrons. The minimum absolute atomic E-state index is 0.0510. The topological polar surface area (TPSA) is 49.8 Å². The summed E-state index contributed by atoms with van der Waals surface area (Å²) in [5, 5.41) is 10.4. The molecule has 0 spiro atoms. The second kappa shape index (κ2) is 8.29. The predicted molar refractivity (Wildman–Crippen MR) is 88.7 cm³/mol. The van der Waals surface area contributed by atoms with Gasteiger partial charge in [0.25, 0.3) is 0 Å². The normalized spacial score (nSPS) is 14.2. The first-order valence-electron chi connectivity index (χ1n) is 8.07. The highest BCUT2D eigenvalue weighted by atomic mass is 19.1. The Bertz CT molecular complexity index is 496. The Morgan fingerprint density at radius 3 is 2.35 bits per heavy atom. The summed E-state index contributed by atoms with van der Waals surface area (Å²) in [6, 6.07) is 5.60. The van der Waals surface area contributed by atoms with Gasteiger partial charge in [0.05, 0.1) is 12.6 Å². The number of carbonyl (C=O) groups is 1. The van der Waals surface area contributed by atoms with E-state index in [0.29, 0.717) is 5.56 Å². The molecule has 2 unspecified atom stereocenters. The molecule has 1 aromatic rings. The molecule has 0 heterocycles. The zero-order valence-electron chi connectivity index (χ0n) is 14.7. The molecule has 130 valence electrons. The molecule has 1 rings (SSSR count). The van der Waals surface area contributed by atoms with Crippen LogP contribution in [0.3, 0.4) is 0 Å². The summed E-state index contributed by atoms with van der Waals surface area (Å²) in [4.78, 5) is 14.0. The maximum absolute atomic E-state index is 13.0. The van der Waals surface area contributed by atoms with Crippen LogP contribution < -0.4 is 0 Å². The zero-order valence-corrected chi connectivity index (χ0v) is 14.7. The van der Waals surface area contributed by atoms with E-state index in [2.05, 4.69) is 0 Å². The van der Waals surface area contributed by atoms with Gasteiger partial charge in [-0.1, -0.05) is 25.5 Å². The van der Waals surface area contributed by atoms with Crippen molar-refractivity contribution in [2.75, 3.05) is 6.54 Å². The number of halogens is 1. The van der Waals surface area contributed by atoms with Crippen molar-refractivity contribution in [3.05, 3.63) is 35.6 Å². The molecule has 4 nitrogen and oxygen atoms in total. The van der Waals surface area contributed by atoms with E-state index in [1.165, 1.54) is 24.3 Å². The lowest BCUT2D eigenvalue weighted by Crippen LogP contribution is -2.44. The number of aliphatic hydroxyl groups is 1. The molecule has 0 aromatic heterocycles. The molecule has 1 amide bonds. The van der Waals surface area contributed by atoms with Crippen LogP contribution in [0, 0.1) is 5.82 Å². The van der Waals surface area contributed by atoms with Gasteiger partial charge in [0.15, 0.2) is 0 Å². The molecule has 0 aliphatic carbocycles. The Morgan fingerprint density at radius 1 is 1.30 bits per heavy atom. The van der Waals surface area contributed by atoms with E-state index in [-0.39, 0.29) is 18.4 Å². The molecule has 23 heavy (non-hydrogen) atoms. The molecular weight excluding hydrogens is 297 g/mol. The number of rotatable bonds is 6. The third-order valence-corrected chi connectivity index (χ3v) is 3.49. The van der Waals surface area contributed by atoms with Crippen molar-refractivity contribution >= 4 is 6.09 Å². The van der Waals surface area contributed by atoms with Gasteiger partial charge >= 0.3 is 6.09 Å². The molecule has 0 aliphatic rings. The van der Waals surface area contributed by atoms with Crippen LogP contribution in [0.4, 0.5) is 9.18 Å². The van der Waals surface area contributed by atoms with E-state index in [9.17, 15) is 14.3 Å². The summed E-state index contributed by atoms with van der Waals surface area (Å²) in [5.74, 6) is -0.357. The second-order valence-electron chi connectivity index (χ2n) is 6.84. The molecule has 1 N–H and O–H groups in total. The SMILES string of the molecule is CCCC(C)N(CC(O)c1ccc(F)cc1)C(=O)OC(C)(C)C. The summed E-state index contributed by atoms with van der Waals surface area (Å²) in [6.07, 6.45) is 0.407. The van der Waals surface area contributed by atoms with Crippen LogP contribution in [-0.4, -0.2) is 34.3 Å². The molecular formula is C18H28FNO3. The number of hydrogen-bond acceptors (Lipinski definition) is 3. The van der Waals surface area contributed by atoms with Gasteiger partial charge in [-0.3, -0.25) is 0 Å². The standard InChI is InChI=1S/C18H28FNO3/c1-6-7-13(2)20(17(22)23-18(3,4)5)12-16(21)14-8-10-15(19)11-9-14/h8-11,13,16,21H,6-7,12H2,1-5H3. The zero-order chi connectivity index (χ0) is 17.6. The van der Waals surface area contributed by atoms with Crippen LogP contribution in [0.5, 0.6) is 0 Å². The minimum Gasteiger partial charge on any atom is -0.444 e. The smallest absolute Gasteiger partial charge is 0.410 e. The number of aliphatic hydroxyl groups excluding tert-OH is 1. The van der Waals surface area contributed by atoms with Gasteiger partial charge in [0, 0.05) is 6.04 Å². The molecule has 0 saturated carbocycles. The van der Waals surface area contributed by atoms with Gasteiger partial charge in [0.1, 0.15) is 11.4 Å². The highest BCUT2D eigenvalue weighted by Gasteiger charge is 2.27. The first-order chi connectivity index (χ1) is 10.6. The van der Waals surface area contributed by atoms with E-state index in [4.69, 9.17) is 4.74 Å². The summed E-state index contributed by atoms with van der Waals surface area (Å²) >= 11 is 0. The fourth-order valence-corrected chi connectivity index (χ4v) is 2.31. The number of benzene rings is 1. The third-order valence-electron chi connectivity index (χ3n) is 3.49. The van der Waals surface area contributed by atoms with Gasteiger partial charge < -0.3 is 14.7 Å². The van der Waals surface area contributed by atoms with Crippen LogP contribution in [0.2, 0.25) is 0 Å². The molecule has 0 fully saturated rings. The van der Waals surface area contributed by atoms with Crippen molar-refractivity contribution < 1.29 is 19.0 Å². The van der Waals surface area contributed by atoms with Crippen LogP contribution in [0.25, 0.3) is 0 Å². The second-order valence-corrected chi connectivity index (χ2v) is 6.84. The molecule has 0 aliphatic heterocycles. The van der Waals surface area contributed by atoms with Crippen molar-refractivity contribution in [2.24, 2.45) is 0 Å². The largest absolute Gasteiger partial charge is 0.444 e. The lowest BCUT2D eigenvalue weighted by Gasteiger charge is -2.33.